The molecule has 7 heteroatoms. The Morgan fingerprint density at radius 2 is 1.72 bits per heavy atom. The second kappa shape index (κ2) is 9.85. The van der Waals surface area contributed by atoms with Crippen LogP contribution < -0.4 is 5.43 Å². The van der Waals surface area contributed by atoms with E-state index in [4.69, 9.17) is 20.2 Å². The maximum atomic E-state index is 4.80. The molecule has 1 N–H and O–H groups in total. The second-order valence-corrected chi connectivity index (χ2v) is 4.84. The fourth-order valence-corrected chi connectivity index (χ4v) is 1.05. The molecular formula is C11H10Cl2MnN4. The standard InChI is InChI=1S/C11H10N4.2ClH.Mn/c1-3-7-12-10(5-1)9-14-15-11-6-2-4-8-13-11;;;/h1-9H,(H,13,15);2*1H;/q;;;+2/p-2/b14-9+;;;. The van der Waals surface area contributed by atoms with Crippen molar-refractivity contribution >= 4 is 32.2 Å². The average molecular weight is 324 g/mol. The van der Waals surface area contributed by atoms with Crippen molar-refractivity contribution in [3.05, 3.63) is 54.5 Å². The van der Waals surface area contributed by atoms with Gasteiger partial charge in [0.2, 0.25) is 0 Å². The number of anilines is 1. The van der Waals surface area contributed by atoms with Gasteiger partial charge in [0.1, 0.15) is 5.82 Å². The third-order valence-corrected chi connectivity index (χ3v) is 1.73. The minimum atomic E-state index is 0.00694. The number of rotatable bonds is 3. The summed E-state index contributed by atoms with van der Waals surface area (Å²) >= 11 is 0.00694. The number of aromatic nitrogens is 2. The number of pyridine rings is 2. The molecule has 4 nitrogen and oxygen atoms in total. The molecule has 2 heterocycles. The Morgan fingerprint density at radius 1 is 1.06 bits per heavy atom. The van der Waals surface area contributed by atoms with Crippen molar-refractivity contribution in [1.29, 1.82) is 0 Å². The Hall–Kier alpha value is -1.13. The zero-order valence-corrected chi connectivity index (χ0v) is 11.9. The molecule has 0 aromatic carbocycles. The van der Waals surface area contributed by atoms with Crippen molar-refractivity contribution in [3.8, 4) is 0 Å². The van der Waals surface area contributed by atoms with Gasteiger partial charge in [0.15, 0.2) is 0 Å². The quantitative estimate of drug-likeness (QED) is 0.535. The van der Waals surface area contributed by atoms with Crippen molar-refractivity contribution in [2.45, 2.75) is 0 Å². The number of nitrogens with zero attached hydrogens (tertiary/aromatic N) is 3. The molecule has 0 fully saturated rings. The summed E-state index contributed by atoms with van der Waals surface area (Å²) < 4.78 is 0. The van der Waals surface area contributed by atoms with Gasteiger partial charge >= 0.3 is 33.3 Å². The summed E-state index contributed by atoms with van der Waals surface area (Å²) in [5, 5.41) is 4.01. The summed E-state index contributed by atoms with van der Waals surface area (Å²) in [6.45, 7) is 0. The van der Waals surface area contributed by atoms with Crippen molar-refractivity contribution in [2.75, 3.05) is 5.43 Å². The monoisotopic (exact) mass is 323 g/mol. The Balaban J connectivity index is 0.000000492. The predicted molar refractivity (Wildman–Crippen MR) is 71.4 cm³/mol. The van der Waals surface area contributed by atoms with E-state index in [2.05, 4.69) is 20.5 Å². The van der Waals surface area contributed by atoms with Crippen LogP contribution in [0, 0.1) is 0 Å². The maximum absolute atomic E-state index is 4.80. The predicted octanol–water partition coefficient (Wildman–Crippen LogP) is 3.30. The molecule has 0 atom stereocenters. The molecule has 0 spiro atoms. The van der Waals surface area contributed by atoms with Gasteiger partial charge in [-0.2, -0.15) is 5.10 Å². The van der Waals surface area contributed by atoms with Gasteiger partial charge in [-0.15, -0.1) is 0 Å². The van der Waals surface area contributed by atoms with Crippen LogP contribution in [0.5, 0.6) is 0 Å². The zero-order valence-electron chi connectivity index (χ0n) is 9.17. The van der Waals surface area contributed by atoms with Crippen LogP contribution in [-0.4, -0.2) is 16.2 Å². The summed E-state index contributed by atoms with van der Waals surface area (Å²) in [5.41, 5.74) is 3.62. The molecule has 2 rings (SSSR count). The number of hydrogen-bond donors (Lipinski definition) is 1. The first-order valence-corrected chi connectivity index (χ1v) is 8.10. The summed E-state index contributed by atoms with van der Waals surface area (Å²) in [7, 11) is 9.59. The molecule has 95 valence electrons. The third kappa shape index (κ3) is 6.57. The van der Waals surface area contributed by atoms with Gasteiger partial charge in [-0.3, -0.25) is 10.4 Å². The number of halogens is 2. The van der Waals surface area contributed by atoms with Crippen LogP contribution in [0.15, 0.2) is 53.9 Å². The van der Waals surface area contributed by atoms with Gasteiger partial charge in [0, 0.05) is 12.4 Å². The number of hydrazone groups is 1. The Morgan fingerprint density at radius 3 is 2.28 bits per heavy atom. The van der Waals surface area contributed by atoms with Gasteiger partial charge in [0.05, 0.1) is 11.9 Å². The van der Waals surface area contributed by atoms with E-state index in [1.165, 1.54) is 0 Å². The van der Waals surface area contributed by atoms with Crippen LogP contribution in [0.1, 0.15) is 5.69 Å². The molecule has 0 radical (unpaired) electrons. The Bertz CT molecular complexity index is 453. The van der Waals surface area contributed by atoms with E-state index in [9.17, 15) is 0 Å². The molecule has 18 heavy (non-hydrogen) atoms. The topological polar surface area (TPSA) is 50.2 Å². The first-order chi connectivity index (χ1) is 8.86. The molecule has 0 aliphatic rings. The summed E-state index contributed by atoms with van der Waals surface area (Å²) in [6, 6.07) is 11.2. The molecule has 0 saturated carbocycles. The number of hydrogen-bond acceptors (Lipinski definition) is 4. The molecule has 0 unspecified atom stereocenters. The molecular weight excluding hydrogens is 314 g/mol. The normalized spacial score (nSPS) is 9.67. The first kappa shape index (κ1) is 14.9. The van der Waals surface area contributed by atoms with E-state index >= 15 is 0 Å². The van der Waals surface area contributed by atoms with Gasteiger partial charge in [-0.05, 0) is 24.3 Å². The fourth-order valence-electron chi connectivity index (χ4n) is 1.05. The van der Waals surface area contributed by atoms with Gasteiger partial charge < -0.3 is 0 Å². The molecule has 0 aliphatic heterocycles. The molecule has 0 bridgehead atoms. The SMILES string of the molecule is C(=N\Nc1ccccn1)/c1ccccn1.[Cl][Mn][Cl]. The third-order valence-electron chi connectivity index (χ3n) is 1.73. The van der Waals surface area contributed by atoms with E-state index in [0.717, 1.165) is 5.69 Å². The molecule has 0 saturated heterocycles. The van der Waals surface area contributed by atoms with Crippen molar-refractivity contribution in [2.24, 2.45) is 5.10 Å². The molecule has 2 aromatic heterocycles. The summed E-state index contributed by atoms with van der Waals surface area (Å²) in [5.74, 6) is 0.713. The zero-order chi connectivity index (χ0) is 13.1. The van der Waals surface area contributed by atoms with Crippen LogP contribution in [-0.2, 0) is 13.1 Å². The Labute approximate surface area is 120 Å². The summed E-state index contributed by atoms with van der Waals surface area (Å²) in [6.07, 6.45) is 5.08. The first-order valence-electron chi connectivity index (χ1n) is 4.85. The average Bonchev–Trinajstić information content (AvgIpc) is 2.42. The molecule has 0 aliphatic carbocycles. The van der Waals surface area contributed by atoms with Crippen molar-refractivity contribution in [3.63, 3.8) is 0 Å². The van der Waals surface area contributed by atoms with Crippen molar-refractivity contribution < 1.29 is 13.1 Å². The van der Waals surface area contributed by atoms with E-state index in [1.807, 2.05) is 36.4 Å². The van der Waals surface area contributed by atoms with E-state index < -0.39 is 0 Å². The van der Waals surface area contributed by atoms with Gasteiger partial charge in [-0.1, -0.05) is 12.1 Å². The van der Waals surface area contributed by atoms with Crippen LogP contribution in [0.3, 0.4) is 0 Å². The van der Waals surface area contributed by atoms with Crippen LogP contribution in [0.4, 0.5) is 5.82 Å². The van der Waals surface area contributed by atoms with Gasteiger partial charge in [-0.25, -0.2) is 4.98 Å². The van der Waals surface area contributed by atoms with E-state index in [-0.39, 0.29) is 13.1 Å². The van der Waals surface area contributed by atoms with Gasteiger partial charge in [0.25, 0.3) is 0 Å². The van der Waals surface area contributed by atoms with E-state index in [1.54, 1.807) is 18.6 Å². The molecule has 2 aromatic rings. The Kier molecular flexibility index (Phi) is 8.17. The summed E-state index contributed by atoms with van der Waals surface area (Å²) in [4.78, 5) is 8.16. The van der Waals surface area contributed by atoms with Crippen LogP contribution in [0.25, 0.3) is 0 Å². The fraction of sp³-hybridized carbons (Fsp3) is 0. The van der Waals surface area contributed by atoms with Crippen molar-refractivity contribution in [1.82, 2.24) is 9.97 Å². The second-order valence-electron chi connectivity index (χ2n) is 2.89. The number of nitrogens with one attached hydrogen (secondary N) is 1. The van der Waals surface area contributed by atoms with Crippen LogP contribution in [0.2, 0.25) is 0 Å². The molecule has 0 amide bonds. The van der Waals surface area contributed by atoms with E-state index in [0.29, 0.717) is 5.82 Å². The van der Waals surface area contributed by atoms with Crippen LogP contribution >= 0.6 is 20.2 Å². The minimum absolute atomic E-state index is 0.00694.